The first-order valence-electron chi connectivity index (χ1n) is 10.4. The summed E-state index contributed by atoms with van der Waals surface area (Å²) in [6, 6.07) is 9.96. The standard InChI is InChI=1S/C23H34N2O3Si/c1-6-8-14-21-24-17-20(25(21)23(28-7-2)29(3,4)5)19(16-22(26)27)15-18-12-10-9-11-13-18/h9-13,16-17,23H,6-8,14-15H2,1-5H3,(H,26,27)/b19-16+. The number of aromatic nitrogens is 2. The van der Waals surface area contributed by atoms with E-state index in [0.29, 0.717) is 13.0 Å². The van der Waals surface area contributed by atoms with E-state index in [9.17, 15) is 9.90 Å². The molecule has 0 spiro atoms. The molecule has 1 atom stereocenters. The fourth-order valence-corrected chi connectivity index (χ4v) is 5.20. The molecule has 0 aliphatic rings. The van der Waals surface area contributed by atoms with Crippen LogP contribution in [-0.2, 0) is 22.4 Å². The number of imidazole rings is 1. The van der Waals surface area contributed by atoms with E-state index in [2.05, 4.69) is 31.1 Å². The van der Waals surface area contributed by atoms with E-state index in [4.69, 9.17) is 9.72 Å². The van der Waals surface area contributed by atoms with E-state index in [-0.39, 0.29) is 5.85 Å². The number of allylic oxidation sites excluding steroid dienone is 1. The van der Waals surface area contributed by atoms with E-state index in [0.717, 1.165) is 41.9 Å². The zero-order valence-electron chi connectivity index (χ0n) is 18.3. The van der Waals surface area contributed by atoms with E-state index >= 15 is 0 Å². The highest BCUT2D eigenvalue weighted by molar-refractivity contribution is 6.76. The minimum absolute atomic E-state index is 0.0928. The van der Waals surface area contributed by atoms with Crippen LogP contribution in [0.25, 0.3) is 5.57 Å². The Kier molecular flexibility index (Phi) is 8.41. The van der Waals surface area contributed by atoms with Gasteiger partial charge in [-0.25, -0.2) is 9.78 Å². The molecule has 1 N–H and O–H groups in total. The van der Waals surface area contributed by atoms with Gasteiger partial charge in [-0.3, -0.25) is 0 Å². The molecule has 1 heterocycles. The largest absolute Gasteiger partial charge is 0.478 e. The summed E-state index contributed by atoms with van der Waals surface area (Å²) in [6.45, 7) is 11.6. The lowest BCUT2D eigenvalue weighted by atomic mass is 10.0. The van der Waals surface area contributed by atoms with Crippen molar-refractivity contribution in [3.63, 3.8) is 0 Å². The van der Waals surface area contributed by atoms with Crippen molar-refractivity contribution in [3.05, 3.63) is 59.7 Å². The lowest BCUT2D eigenvalue weighted by Crippen LogP contribution is -2.39. The molecule has 1 aromatic carbocycles. The molecule has 0 bridgehead atoms. The fraction of sp³-hybridized carbons (Fsp3) is 0.478. The van der Waals surface area contributed by atoms with Crippen LogP contribution in [0.3, 0.4) is 0 Å². The van der Waals surface area contributed by atoms with Crippen molar-refractivity contribution >= 4 is 19.6 Å². The Hall–Kier alpha value is -2.18. The normalized spacial score (nSPS) is 13.5. The third kappa shape index (κ3) is 6.40. The summed E-state index contributed by atoms with van der Waals surface area (Å²) in [5, 5.41) is 9.54. The maximum atomic E-state index is 11.6. The summed E-state index contributed by atoms with van der Waals surface area (Å²) >= 11 is 0. The second-order valence-electron chi connectivity index (χ2n) is 8.38. The first kappa shape index (κ1) is 23.1. The van der Waals surface area contributed by atoms with Gasteiger partial charge in [-0.05, 0) is 30.9 Å². The molecular formula is C23H34N2O3Si. The van der Waals surface area contributed by atoms with Gasteiger partial charge in [-0.2, -0.15) is 0 Å². The van der Waals surface area contributed by atoms with E-state index in [1.165, 1.54) is 6.08 Å². The highest BCUT2D eigenvalue weighted by Crippen LogP contribution is 2.31. The van der Waals surface area contributed by atoms with E-state index in [1.807, 2.05) is 43.5 Å². The molecule has 29 heavy (non-hydrogen) atoms. The number of ether oxygens (including phenoxy) is 1. The number of aryl methyl sites for hydroxylation is 1. The SMILES string of the molecule is CCCCc1ncc(/C(=C/C(=O)O)Cc2ccccc2)n1C(OCC)[Si](C)(C)C. The maximum absolute atomic E-state index is 11.6. The highest BCUT2D eigenvalue weighted by Gasteiger charge is 2.33. The number of aliphatic carboxylic acids is 1. The van der Waals surface area contributed by atoms with Crippen LogP contribution in [0.15, 0.2) is 42.6 Å². The monoisotopic (exact) mass is 414 g/mol. The topological polar surface area (TPSA) is 64.3 Å². The van der Waals surface area contributed by atoms with Gasteiger partial charge in [0.2, 0.25) is 0 Å². The zero-order chi connectivity index (χ0) is 21.4. The van der Waals surface area contributed by atoms with Crippen molar-refractivity contribution in [2.75, 3.05) is 6.61 Å². The van der Waals surface area contributed by atoms with Crippen molar-refractivity contribution in [1.29, 1.82) is 0 Å². The molecule has 0 saturated heterocycles. The number of carboxylic acids is 1. The Morgan fingerprint density at radius 2 is 1.93 bits per heavy atom. The predicted octanol–water partition coefficient (Wildman–Crippen LogP) is 5.35. The molecule has 0 amide bonds. The average Bonchev–Trinajstić information content (AvgIpc) is 3.06. The number of nitrogens with zero attached hydrogens (tertiary/aromatic N) is 2. The molecule has 2 rings (SSSR count). The molecule has 0 fully saturated rings. The summed E-state index contributed by atoms with van der Waals surface area (Å²) in [5.41, 5.74) is 2.67. The lowest BCUT2D eigenvalue weighted by molar-refractivity contribution is -0.131. The summed E-state index contributed by atoms with van der Waals surface area (Å²) in [5.74, 6) is -0.0587. The summed E-state index contributed by atoms with van der Waals surface area (Å²) < 4.78 is 8.41. The molecule has 0 aliphatic carbocycles. The fourth-order valence-electron chi connectivity index (χ4n) is 3.47. The number of hydrogen-bond donors (Lipinski definition) is 1. The Labute approximate surface area is 175 Å². The van der Waals surface area contributed by atoms with Gasteiger partial charge in [0.05, 0.1) is 11.9 Å². The number of benzene rings is 1. The van der Waals surface area contributed by atoms with Gasteiger partial charge in [0, 0.05) is 19.1 Å². The first-order chi connectivity index (χ1) is 13.8. The van der Waals surface area contributed by atoms with Gasteiger partial charge in [0.25, 0.3) is 0 Å². The molecule has 1 aromatic heterocycles. The molecule has 158 valence electrons. The van der Waals surface area contributed by atoms with Crippen LogP contribution in [0.2, 0.25) is 19.6 Å². The Morgan fingerprint density at radius 3 is 2.48 bits per heavy atom. The third-order valence-corrected chi connectivity index (χ3v) is 6.70. The maximum Gasteiger partial charge on any atom is 0.328 e. The van der Waals surface area contributed by atoms with Gasteiger partial charge in [-0.15, -0.1) is 0 Å². The lowest BCUT2D eigenvalue weighted by Gasteiger charge is -2.33. The second-order valence-corrected chi connectivity index (χ2v) is 13.6. The number of unbranched alkanes of at least 4 members (excludes halogenated alkanes) is 1. The van der Waals surface area contributed by atoms with Crippen molar-refractivity contribution in [2.45, 2.75) is 65.0 Å². The van der Waals surface area contributed by atoms with Crippen molar-refractivity contribution in [1.82, 2.24) is 9.55 Å². The third-order valence-electron chi connectivity index (χ3n) is 4.79. The summed E-state index contributed by atoms with van der Waals surface area (Å²) in [7, 11) is -1.77. The minimum atomic E-state index is -1.77. The number of carbonyl (C=O) groups is 1. The number of carboxylic acid groups (broad SMARTS) is 1. The number of rotatable bonds is 11. The molecule has 2 aromatic rings. The molecule has 0 radical (unpaired) electrons. The Morgan fingerprint density at radius 1 is 1.24 bits per heavy atom. The van der Waals surface area contributed by atoms with Crippen LogP contribution in [-0.4, -0.2) is 35.3 Å². The van der Waals surface area contributed by atoms with Crippen LogP contribution in [0.5, 0.6) is 0 Å². The van der Waals surface area contributed by atoms with Crippen molar-refractivity contribution < 1.29 is 14.6 Å². The molecule has 5 nitrogen and oxygen atoms in total. The van der Waals surface area contributed by atoms with Gasteiger partial charge < -0.3 is 14.4 Å². The Bertz CT molecular complexity index is 822. The Balaban J connectivity index is 2.60. The van der Waals surface area contributed by atoms with Gasteiger partial charge >= 0.3 is 5.97 Å². The van der Waals surface area contributed by atoms with E-state index in [1.54, 1.807) is 0 Å². The van der Waals surface area contributed by atoms with Crippen LogP contribution in [0.1, 0.15) is 49.6 Å². The summed E-state index contributed by atoms with van der Waals surface area (Å²) in [4.78, 5) is 16.3. The average molecular weight is 415 g/mol. The number of hydrogen-bond acceptors (Lipinski definition) is 3. The smallest absolute Gasteiger partial charge is 0.328 e. The van der Waals surface area contributed by atoms with Gasteiger partial charge in [0.1, 0.15) is 19.7 Å². The van der Waals surface area contributed by atoms with Gasteiger partial charge in [-0.1, -0.05) is 63.3 Å². The molecule has 6 heteroatoms. The zero-order valence-corrected chi connectivity index (χ0v) is 19.3. The van der Waals surface area contributed by atoms with Crippen molar-refractivity contribution in [3.8, 4) is 0 Å². The highest BCUT2D eigenvalue weighted by atomic mass is 28.3. The summed E-state index contributed by atoms with van der Waals surface area (Å²) in [6.07, 6.45) is 6.66. The van der Waals surface area contributed by atoms with Crippen LogP contribution in [0.4, 0.5) is 0 Å². The molecule has 1 unspecified atom stereocenters. The molecule has 0 aliphatic heterocycles. The van der Waals surface area contributed by atoms with Crippen LogP contribution in [0, 0.1) is 0 Å². The van der Waals surface area contributed by atoms with Crippen LogP contribution < -0.4 is 0 Å². The second kappa shape index (κ2) is 10.6. The van der Waals surface area contributed by atoms with Crippen molar-refractivity contribution in [2.24, 2.45) is 0 Å². The van der Waals surface area contributed by atoms with E-state index < -0.39 is 14.0 Å². The molecule has 0 saturated carbocycles. The predicted molar refractivity (Wildman–Crippen MR) is 121 cm³/mol. The van der Waals surface area contributed by atoms with Gasteiger partial charge in [0.15, 0.2) is 0 Å². The first-order valence-corrected chi connectivity index (χ1v) is 14.0. The quantitative estimate of drug-likeness (QED) is 0.398. The minimum Gasteiger partial charge on any atom is -0.478 e. The molecular weight excluding hydrogens is 380 g/mol. The van der Waals surface area contributed by atoms with Crippen LogP contribution >= 0.6 is 0 Å².